The molecule has 0 aliphatic carbocycles. The first-order chi connectivity index (χ1) is 8.45. The largest absolute Gasteiger partial charge is 0.350 e. The molecule has 3 nitrogen and oxygen atoms in total. The number of alkyl halides is 3. The van der Waals surface area contributed by atoms with Crippen molar-refractivity contribution < 1.29 is 9.53 Å². The van der Waals surface area contributed by atoms with E-state index in [0.717, 1.165) is 0 Å². The molecule has 0 aliphatic heterocycles. The first-order valence-electron chi connectivity index (χ1n) is 5.10. The number of ether oxygens (including phenoxy) is 1. The predicted molar refractivity (Wildman–Crippen MR) is 74.1 cm³/mol. The summed E-state index contributed by atoms with van der Waals surface area (Å²) in [6.45, 7) is 3.65. The molecule has 0 heterocycles. The van der Waals surface area contributed by atoms with Gasteiger partial charge in [0.1, 0.15) is 0 Å². The van der Waals surface area contributed by atoms with Gasteiger partial charge >= 0.3 is 0 Å². The molecule has 0 aliphatic rings. The van der Waals surface area contributed by atoms with Gasteiger partial charge in [-0.15, -0.1) is 6.58 Å². The predicted octanol–water partition coefficient (Wildman–Crippen LogP) is 3.32. The van der Waals surface area contributed by atoms with Gasteiger partial charge in [0.25, 0.3) is 5.91 Å². The zero-order chi connectivity index (χ0) is 13.6. The van der Waals surface area contributed by atoms with Crippen molar-refractivity contribution in [2.24, 2.45) is 0 Å². The molecule has 18 heavy (non-hydrogen) atoms. The summed E-state index contributed by atoms with van der Waals surface area (Å²) in [6.07, 6.45) is 0.450. The second-order valence-electron chi connectivity index (χ2n) is 3.38. The second kappa shape index (κ2) is 7.00. The first-order valence-corrected chi connectivity index (χ1v) is 6.23. The van der Waals surface area contributed by atoms with Gasteiger partial charge in [0.15, 0.2) is 6.23 Å². The van der Waals surface area contributed by atoms with Crippen LogP contribution in [0.15, 0.2) is 43.0 Å². The Balaban J connectivity index is 2.72. The van der Waals surface area contributed by atoms with E-state index in [1.165, 1.54) is 6.08 Å². The van der Waals surface area contributed by atoms with E-state index in [0.29, 0.717) is 5.56 Å². The van der Waals surface area contributed by atoms with Gasteiger partial charge in [-0.05, 0) is 12.1 Å². The molecule has 0 saturated carbocycles. The van der Waals surface area contributed by atoms with Crippen LogP contribution in [0.25, 0.3) is 0 Å². The molecule has 1 aromatic carbocycles. The number of nitrogens with one attached hydrogen (secondary N) is 1. The number of hydrogen-bond donors (Lipinski definition) is 1. The van der Waals surface area contributed by atoms with Crippen LogP contribution in [0.3, 0.4) is 0 Å². The summed E-state index contributed by atoms with van der Waals surface area (Å²) in [5.41, 5.74) is 0.457. The fourth-order valence-electron chi connectivity index (χ4n) is 1.17. The third-order valence-corrected chi connectivity index (χ3v) is 2.57. The van der Waals surface area contributed by atoms with E-state index >= 15 is 0 Å². The summed E-state index contributed by atoms with van der Waals surface area (Å²) in [6, 6.07) is 8.58. The van der Waals surface area contributed by atoms with E-state index in [1.807, 2.05) is 0 Å². The molecule has 1 N–H and O–H groups in total. The van der Waals surface area contributed by atoms with E-state index in [-0.39, 0.29) is 12.5 Å². The third kappa shape index (κ3) is 4.86. The minimum absolute atomic E-state index is 0.160. The molecule has 0 aromatic heterocycles. The van der Waals surface area contributed by atoms with Crippen molar-refractivity contribution in [3.63, 3.8) is 0 Å². The Labute approximate surface area is 121 Å². The smallest absolute Gasteiger partial charge is 0.253 e. The lowest BCUT2D eigenvalue weighted by Crippen LogP contribution is -2.45. The zero-order valence-electron chi connectivity index (χ0n) is 9.41. The quantitative estimate of drug-likeness (QED) is 0.515. The molecule has 1 aromatic rings. The van der Waals surface area contributed by atoms with Crippen molar-refractivity contribution >= 4 is 40.7 Å². The number of halogens is 3. The van der Waals surface area contributed by atoms with Gasteiger partial charge in [0, 0.05) is 5.56 Å². The summed E-state index contributed by atoms with van der Waals surface area (Å²) in [7, 11) is 0. The maximum Gasteiger partial charge on any atom is 0.253 e. The van der Waals surface area contributed by atoms with Crippen molar-refractivity contribution in [1.29, 1.82) is 0 Å². The van der Waals surface area contributed by atoms with E-state index in [9.17, 15) is 4.79 Å². The minimum atomic E-state index is -1.76. The van der Waals surface area contributed by atoms with Crippen LogP contribution in [-0.4, -0.2) is 22.5 Å². The Morgan fingerprint density at radius 2 is 2.00 bits per heavy atom. The van der Waals surface area contributed by atoms with Crippen LogP contribution in [0, 0.1) is 0 Å². The van der Waals surface area contributed by atoms with Crippen molar-refractivity contribution in [1.82, 2.24) is 5.32 Å². The van der Waals surface area contributed by atoms with Crippen molar-refractivity contribution in [2.45, 2.75) is 10.0 Å². The highest BCUT2D eigenvalue weighted by Crippen LogP contribution is 2.31. The summed E-state index contributed by atoms with van der Waals surface area (Å²) >= 11 is 17.2. The molecule has 6 heteroatoms. The van der Waals surface area contributed by atoms with Crippen LogP contribution >= 0.6 is 34.8 Å². The Morgan fingerprint density at radius 3 is 2.50 bits per heavy atom. The maximum atomic E-state index is 11.9. The molecule has 1 atom stereocenters. The van der Waals surface area contributed by atoms with Crippen LogP contribution in [0.1, 0.15) is 10.4 Å². The fourth-order valence-corrected chi connectivity index (χ4v) is 1.53. The third-order valence-electron chi connectivity index (χ3n) is 1.98. The molecule has 0 saturated heterocycles. The minimum Gasteiger partial charge on any atom is -0.350 e. The van der Waals surface area contributed by atoms with Crippen LogP contribution < -0.4 is 5.32 Å². The van der Waals surface area contributed by atoms with Crippen molar-refractivity contribution in [3.8, 4) is 0 Å². The number of carbonyl (C=O) groups excluding carboxylic acids is 1. The van der Waals surface area contributed by atoms with Gasteiger partial charge in [0.05, 0.1) is 6.61 Å². The van der Waals surface area contributed by atoms with Crippen LogP contribution in [-0.2, 0) is 4.74 Å². The molecule has 1 rings (SSSR count). The van der Waals surface area contributed by atoms with Gasteiger partial charge in [-0.1, -0.05) is 59.1 Å². The van der Waals surface area contributed by atoms with Crippen molar-refractivity contribution in [2.75, 3.05) is 6.61 Å². The lowest BCUT2D eigenvalue weighted by molar-refractivity contribution is 0.0442. The van der Waals surface area contributed by atoms with Gasteiger partial charge < -0.3 is 10.1 Å². The highest BCUT2D eigenvalue weighted by molar-refractivity contribution is 6.68. The Kier molecular flexibility index (Phi) is 5.96. The summed E-state index contributed by atoms with van der Waals surface area (Å²) in [5, 5.41) is 2.50. The SMILES string of the molecule is C=CCO[C@@H](NC(=O)c1ccccc1)C(Cl)(Cl)Cl. The van der Waals surface area contributed by atoms with Gasteiger partial charge in [0.2, 0.25) is 3.79 Å². The van der Waals surface area contributed by atoms with Gasteiger partial charge in [-0.25, -0.2) is 0 Å². The average molecular weight is 309 g/mol. The fraction of sp³-hybridized carbons (Fsp3) is 0.250. The average Bonchev–Trinajstić information content (AvgIpc) is 2.34. The number of hydrogen-bond acceptors (Lipinski definition) is 2. The molecule has 0 radical (unpaired) electrons. The number of amides is 1. The number of rotatable bonds is 5. The Morgan fingerprint density at radius 1 is 1.39 bits per heavy atom. The summed E-state index contributed by atoms with van der Waals surface area (Å²) in [4.78, 5) is 11.9. The molecule has 0 unspecified atom stereocenters. The van der Waals surface area contributed by atoms with Crippen LogP contribution in [0.5, 0.6) is 0 Å². The summed E-state index contributed by atoms with van der Waals surface area (Å²) in [5.74, 6) is -0.379. The highest BCUT2D eigenvalue weighted by atomic mass is 35.6. The molecule has 0 bridgehead atoms. The normalized spacial score (nSPS) is 12.8. The van der Waals surface area contributed by atoms with Gasteiger partial charge in [-0.3, -0.25) is 4.79 Å². The van der Waals surface area contributed by atoms with E-state index in [1.54, 1.807) is 30.3 Å². The zero-order valence-corrected chi connectivity index (χ0v) is 11.7. The molecule has 1 amide bonds. The first kappa shape index (κ1) is 15.3. The lowest BCUT2D eigenvalue weighted by Gasteiger charge is -2.25. The molecular weight excluding hydrogens is 296 g/mol. The Bertz CT molecular complexity index is 404. The van der Waals surface area contributed by atoms with Crippen LogP contribution in [0.2, 0.25) is 0 Å². The molecular formula is C12H12Cl3NO2. The monoisotopic (exact) mass is 307 g/mol. The molecule has 0 spiro atoms. The van der Waals surface area contributed by atoms with Crippen molar-refractivity contribution in [3.05, 3.63) is 48.6 Å². The molecule has 0 fully saturated rings. The standard InChI is InChI=1S/C12H12Cl3NO2/c1-2-8-18-11(12(13,14)15)16-10(17)9-6-4-3-5-7-9/h2-7,11H,1,8H2,(H,16,17)/t11-/m1/s1. The van der Waals surface area contributed by atoms with Gasteiger partial charge in [-0.2, -0.15) is 0 Å². The lowest BCUT2D eigenvalue weighted by atomic mass is 10.2. The summed E-state index contributed by atoms with van der Waals surface area (Å²) < 4.78 is 3.45. The number of benzene rings is 1. The second-order valence-corrected chi connectivity index (χ2v) is 5.75. The highest BCUT2D eigenvalue weighted by Gasteiger charge is 2.34. The van der Waals surface area contributed by atoms with E-state index in [4.69, 9.17) is 39.5 Å². The topological polar surface area (TPSA) is 38.3 Å². The van der Waals surface area contributed by atoms with E-state index in [2.05, 4.69) is 11.9 Å². The Hall–Kier alpha value is -0.740. The van der Waals surface area contributed by atoms with Crippen LogP contribution in [0.4, 0.5) is 0 Å². The maximum absolute atomic E-state index is 11.9. The van der Waals surface area contributed by atoms with E-state index < -0.39 is 10.0 Å². The number of carbonyl (C=O) groups is 1. The molecule has 98 valence electrons.